The number of hydrogen-bond donors (Lipinski definition) is 0. The molecule has 24 heavy (non-hydrogen) atoms. The summed E-state index contributed by atoms with van der Waals surface area (Å²) < 4.78 is 44.3. The number of nitrogens with zero attached hydrogens (tertiary/aromatic N) is 1. The fourth-order valence-corrected chi connectivity index (χ4v) is 4.36. The van der Waals surface area contributed by atoms with Gasteiger partial charge in [0.15, 0.2) is 9.84 Å². The van der Waals surface area contributed by atoms with E-state index in [1.807, 2.05) is 4.42 Å². The molecular formula is C17H23ClFNO3S. The van der Waals surface area contributed by atoms with E-state index < -0.39 is 15.7 Å². The quantitative estimate of drug-likeness (QED) is 0.716. The van der Waals surface area contributed by atoms with Crippen LogP contribution in [-0.4, -0.2) is 38.8 Å². The number of halogens is 2. The molecule has 1 aliphatic heterocycles. The van der Waals surface area contributed by atoms with Crippen molar-refractivity contribution in [2.75, 3.05) is 26.0 Å². The number of hydrogen-bond acceptors (Lipinski definition) is 4. The molecule has 7 heteroatoms. The van der Waals surface area contributed by atoms with Gasteiger partial charge in [-0.3, -0.25) is 0 Å². The van der Waals surface area contributed by atoms with E-state index in [4.69, 9.17) is 16.5 Å². The van der Waals surface area contributed by atoms with Crippen molar-refractivity contribution in [1.29, 1.82) is 0 Å². The van der Waals surface area contributed by atoms with Crippen LogP contribution in [0.1, 0.15) is 24.8 Å². The molecule has 1 aromatic rings. The molecule has 0 N–H and O–H groups in total. The van der Waals surface area contributed by atoms with E-state index in [2.05, 4.69) is 0 Å². The highest BCUT2D eigenvalue weighted by Gasteiger charge is 2.43. The molecule has 3 rings (SSSR count). The van der Waals surface area contributed by atoms with Gasteiger partial charge >= 0.3 is 0 Å². The highest BCUT2D eigenvalue weighted by molar-refractivity contribution is 7.90. The fourth-order valence-electron chi connectivity index (χ4n) is 3.53. The third-order valence-corrected chi connectivity index (χ3v) is 6.56. The van der Waals surface area contributed by atoms with Gasteiger partial charge in [0.25, 0.3) is 0 Å². The summed E-state index contributed by atoms with van der Waals surface area (Å²) in [5.41, 5.74) is 0.398. The molecule has 0 radical (unpaired) electrons. The molecule has 2 atom stereocenters. The summed E-state index contributed by atoms with van der Waals surface area (Å²) in [6.07, 6.45) is 4.54. The van der Waals surface area contributed by atoms with E-state index in [1.54, 1.807) is 0 Å². The smallest absolute Gasteiger partial charge is 0.175 e. The van der Waals surface area contributed by atoms with Gasteiger partial charge in [-0.2, -0.15) is 0 Å². The maximum Gasteiger partial charge on any atom is 0.175 e. The molecule has 0 amide bonds. The first-order valence-corrected chi connectivity index (χ1v) is 10.5. The Morgan fingerprint density at radius 2 is 2.04 bits per heavy atom. The van der Waals surface area contributed by atoms with Crippen molar-refractivity contribution in [1.82, 2.24) is 4.42 Å². The molecule has 1 saturated carbocycles. The molecule has 134 valence electrons. The van der Waals surface area contributed by atoms with Crippen LogP contribution in [0.2, 0.25) is 0 Å². The summed E-state index contributed by atoms with van der Waals surface area (Å²) in [6, 6.07) is 3.98. The molecule has 0 bridgehead atoms. The van der Waals surface area contributed by atoms with E-state index in [0.29, 0.717) is 24.0 Å². The van der Waals surface area contributed by atoms with Crippen molar-refractivity contribution in [3.8, 4) is 0 Å². The third-order valence-electron chi connectivity index (χ3n) is 5.11. The van der Waals surface area contributed by atoms with Crippen LogP contribution in [0.25, 0.3) is 0 Å². The van der Waals surface area contributed by atoms with Crippen molar-refractivity contribution in [2.24, 2.45) is 17.8 Å². The predicted octanol–water partition coefficient (Wildman–Crippen LogP) is 3.25. The van der Waals surface area contributed by atoms with Gasteiger partial charge in [-0.25, -0.2) is 17.2 Å². The van der Waals surface area contributed by atoms with Gasteiger partial charge in [0.2, 0.25) is 0 Å². The lowest BCUT2D eigenvalue weighted by molar-refractivity contribution is 0.100. The largest absolute Gasteiger partial charge is 0.376 e. The first-order valence-electron chi connectivity index (χ1n) is 8.31. The van der Waals surface area contributed by atoms with E-state index in [0.717, 1.165) is 44.2 Å². The van der Waals surface area contributed by atoms with Gasteiger partial charge in [-0.15, -0.1) is 0 Å². The molecule has 1 saturated heterocycles. The third kappa shape index (κ3) is 4.48. The molecule has 2 aliphatic rings. The van der Waals surface area contributed by atoms with Crippen molar-refractivity contribution >= 4 is 21.6 Å². The molecule has 0 spiro atoms. The Balaban J connectivity index is 1.45. The van der Waals surface area contributed by atoms with Crippen LogP contribution in [0.15, 0.2) is 23.1 Å². The van der Waals surface area contributed by atoms with Crippen molar-refractivity contribution in [3.05, 3.63) is 29.6 Å². The predicted molar refractivity (Wildman–Crippen MR) is 90.9 cm³/mol. The van der Waals surface area contributed by atoms with Crippen LogP contribution in [0, 0.1) is 23.6 Å². The monoisotopic (exact) mass is 375 g/mol. The standard InChI is InChI=1S/C17H23ClFNO3S/c1-24(21,22)15-3-2-13(17(19)9-15)10-23-11-14-8-16(14)12-4-6-20(18)7-5-12/h2-3,9,12,14,16H,4-8,10-11H2,1H3/t14-,16+/m0/s1. The summed E-state index contributed by atoms with van der Waals surface area (Å²) in [5, 5.41) is 0. The molecule has 1 aromatic carbocycles. The Hall–Kier alpha value is -0.690. The zero-order valence-corrected chi connectivity index (χ0v) is 15.3. The highest BCUT2D eigenvalue weighted by atomic mass is 35.5. The number of piperidine rings is 1. The van der Waals surface area contributed by atoms with Crippen LogP contribution in [0.5, 0.6) is 0 Å². The van der Waals surface area contributed by atoms with Crippen LogP contribution in [0.4, 0.5) is 4.39 Å². The second-order valence-electron chi connectivity index (χ2n) is 6.95. The van der Waals surface area contributed by atoms with Crippen LogP contribution in [-0.2, 0) is 21.2 Å². The Bertz CT molecular complexity index is 689. The summed E-state index contributed by atoms with van der Waals surface area (Å²) in [5.74, 6) is 1.49. The zero-order valence-electron chi connectivity index (χ0n) is 13.7. The Morgan fingerprint density at radius 1 is 1.33 bits per heavy atom. The second-order valence-corrected chi connectivity index (χ2v) is 9.44. The number of ether oxygens (including phenoxy) is 1. The van der Waals surface area contributed by atoms with Gasteiger partial charge in [0.05, 0.1) is 18.1 Å². The summed E-state index contributed by atoms with van der Waals surface area (Å²) in [4.78, 5) is -0.00311. The average molecular weight is 376 g/mol. The van der Waals surface area contributed by atoms with Gasteiger partial charge in [-0.05, 0) is 60.9 Å². The molecular weight excluding hydrogens is 353 g/mol. The van der Waals surface area contributed by atoms with Crippen LogP contribution < -0.4 is 0 Å². The maximum absolute atomic E-state index is 14.0. The minimum absolute atomic E-state index is 0.00311. The second kappa shape index (κ2) is 7.28. The molecule has 1 aliphatic carbocycles. The molecule has 1 heterocycles. The summed E-state index contributed by atoms with van der Waals surface area (Å²) >= 11 is 5.98. The zero-order chi connectivity index (χ0) is 17.3. The van der Waals surface area contributed by atoms with Gasteiger partial charge < -0.3 is 4.74 Å². The molecule has 4 nitrogen and oxygen atoms in total. The van der Waals surface area contributed by atoms with E-state index in [1.165, 1.54) is 18.6 Å². The number of benzene rings is 1. The molecule has 2 fully saturated rings. The first-order chi connectivity index (χ1) is 11.3. The van der Waals surface area contributed by atoms with Gasteiger partial charge in [0.1, 0.15) is 5.82 Å². The summed E-state index contributed by atoms with van der Waals surface area (Å²) in [7, 11) is -3.38. The lowest BCUT2D eigenvalue weighted by atomic mass is 9.92. The van der Waals surface area contributed by atoms with Crippen molar-refractivity contribution in [3.63, 3.8) is 0 Å². The topological polar surface area (TPSA) is 46.6 Å². The average Bonchev–Trinajstić information content (AvgIpc) is 3.28. The van der Waals surface area contributed by atoms with E-state index in [-0.39, 0.29) is 11.5 Å². The lowest BCUT2D eigenvalue weighted by Crippen LogP contribution is -2.27. The molecule has 0 aromatic heterocycles. The molecule has 0 unspecified atom stereocenters. The Kier molecular flexibility index (Phi) is 5.49. The normalized spacial score (nSPS) is 25.8. The maximum atomic E-state index is 14.0. The van der Waals surface area contributed by atoms with E-state index in [9.17, 15) is 12.8 Å². The number of sulfone groups is 1. The lowest BCUT2D eigenvalue weighted by Gasteiger charge is -2.27. The van der Waals surface area contributed by atoms with Gasteiger partial charge in [-0.1, -0.05) is 6.07 Å². The van der Waals surface area contributed by atoms with Crippen LogP contribution >= 0.6 is 11.8 Å². The van der Waals surface area contributed by atoms with Gasteiger partial charge in [0, 0.05) is 24.9 Å². The Labute approximate surface area is 148 Å². The first kappa shape index (κ1) is 18.1. The van der Waals surface area contributed by atoms with Crippen LogP contribution in [0.3, 0.4) is 0 Å². The fraction of sp³-hybridized carbons (Fsp3) is 0.647. The minimum Gasteiger partial charge on any atom is -0.376 e. The summed E-state index contributed by atoms with van der Waals surface area (Å²) in [6.45, 7) is 2.72. The van der Waals surface area contributed by atoms with Crippen molar-refractivity contribution < 1.29 is 17.5 Å². The minimum atomic E-state index is -3.38. The van der Waals surface area contributed by atoms with Crippen molar-refractivity contribution in [2.45, 2.75) is 30.8 Å². The van der Waals surface area contributed by atoms with E-state index >= 15 is 0 Å². The SMILES string of the molecule is CS(=O)(=O)c1ccc(COC[C@@H]2C[C@@H]2C2CCN(Cl)CC2)c(F)c1. The highest BCUT2D eigenvalue weighted by Crippen LogP contribution is 2.48. The number of rotatable bonds is 6. The Morgan fingerprint density at radius 3 is 2.67 bits per heavy atom.